The molecule has 0 aromatic heterocycles. The van der Waals surface area contributed by atoms with Crippen molar-refractivity contribution in [1.29, 1.82) is 0 Å². The van der Waals surface area contributed by atoms with Crippen molar-refractivity contribution in [3.8, 4) is 0 Å². The fourth-order valence-electron chi connectivity index (χ4n) is 0.721. The molecule has 0 amide bonds. The van der Waals surface area contributed by atoms with Gasteiger partial charge in [-0.3, -0.25) is 0 Å². The summed E-state index contributed by atoms with van der Waals surface area (Å²) < 4.78 is 0.412. The molecule has 0 aromatic rings. The van der Waals surface area contributed by atoms with Crippen LogP contribution in [0.2, 0.25) is 0 Å². The average molecular weight is 346 g/mol. The number of hydrogen-bond donors (Lipinski definition) is 2. The second-order valence-corrected chi connectivity index (χ2v) is 4.44. The zero-order valence-corrected chi connectivity index (χ0v) is 7.57. The Labute approximate surface area is 124 Å². The average Bonchev–Trinajstić information content (AvgIpc) is 2.37. The van der Waals surface area contributed by atoms with Crippen molar-refractivity contribution in [2.24, 2.45) is 0 Å². The van der Waals surface area contributed by atoms with Gasteiger partial charge in [-0.1, -0.05) is 0 Å². The molecule has 1 aliphatic rings. The second kappa shape index (κ2) is 6.44. The van der Waals surface area contributed by atoms with Crippen molar-refractivity contribution >= 4 is 84.3 Å². The normalized spacial score (nSPS) is 14.9. The van der Waals surface area contributed by atoms with E-state index in [4.69, 9.17) is 10.2 Å². The van der Waals surface area contributed by atoms with E-state index in [0.717, 1.165) is 11.5 Å². The summed E-state index contributed by atoms with van der Waals surface area (Å²) in [5, 5.41) is 17.1. The molecule has 1 aliphatic heterocycles. The Balaban J connectivity index is 0.00000144. The van der Waals surface area contributed by atoms with Gasteiger partial charge >= 0.3 is 60.8 Å². The third kappa shape index (κ3) is 3.90. The van der Waals surface area contributed by atoms with E-state index >= 15 is 0 Å². The Morgan fingerprint density at radius 3 is 1.77 bits per heavy atom. The van der Waals surface area contributed by atoms with Crippen LogP contribution in [0.3, 0.4) is 0 Å². The molecule has 1 fully saturated rings. The molecule has 2 N–H and O–H groups in total. The number of carbonyl (C=O) groups is 2. The van der Waals surface area contributed by atoms with Gasteiger partial charge in [0.05, 0.1) is 4.24 Å². The molecule has 7 heteroatoms. The van der Waals surface area contributed by atoms with Crippen molar-refractivity contribution < 1.29 is 19.8 Å². The molecule has 1 saturated heterocycles. The summed E-state index contributed by atoms with van der Waals surface area (Å²) in [5.74, 6) is -1.16. The van der Waals surface area contributed by atoms with Gasteiger partial charge in [-0.2, -0.15) is 0 Å². The van der Waals surface area contributed by atoms with Crippen molar-refractivity contribution in [1.82, 2.24) is 0 Å². The Morgan fingerprint density at radius 2 is 1.46 bits per heavy atom. The predicted octanol–water partition coefficient (Wildman–Crippen LogP) is -0.0690. The number of carboxylic acids is 2. The van der Waals surface area contributed by atoms with Crippen LogP contribution in [-0.2, 0) is 9.59 Å². The fraction of sp³-hybridized carbons (Fsp3) is 0.333. The van der Waals surface area contributed by atoms with Gasteiger partial charge in [0, 0.05) is 11.5 Å². The first-order valence-corrected chi connectivity index (χ1v) is 5.06. The zero-order chi connectivity index (χ0) is 9.14. The van der Waals surface area contributed by atoms with Gasteiger partial charge in [0.1, 0.15) is 0 Å². The van der Waals surface area contributed by atoms with E-state index in [0.29, 0.717) is 4.24 Å². The Kier molecular flexibility index (Phi) is 6.91. The van der Waals surface area contributed by atoms with Crippen LogP contribution >= 0.6 is 23.5 Å². The molecule has 0 saturated carbocycles. The fourth-order valence-corrected chi connectivity index (χ4v) is 3.23. The molecule has 4 nitrogen and oxygen atoms in total. The maximum absolute atomic E-state index is 10.5. The van der Waals surface area contributed by atoms with E-state index in [1.54, 1.807) is 0 Å². The van der Waals surface area contributed by atoms with Crippen molar-refractivity contribution in [3.05, 3.63) is 9.81 Å². The van der Waals surface area contributed by atoms with Crippen LogP contribution in [0, 0.1) is 0 Å². The number of rotatable bonds is 2. The van der Waals surface area contributed by atoms with E-state index in [1.165, 1.54) is 23.5 Å². The molecule has 1 rings (SSSR count). The van der Waals surface area contributed by atoms with E-state index in [-0.39, 0.29) is 48.9 Å². The van der Waals surface area contributed by atoms with Gasteiger partial charge in [0.2, 0.25) is 0 Å². The predicted molar refractivity (Wildman–Crippen MR) is 55.8 cm³/mol. The molecule has 13 heavy (non-hydrogen) atoms. The van der Waals surface area contributed by atoms with E-state index in [2.05, 4.69) is 0 Å². The van der Waals surface area contributed by atoms with Gasteiger partial charge in [0.25, 0.3) is 0 Å². The summed E-state index contributed by atoms with van der Waals surface area (Å²) in [6.07, 6.45) is 0. The van der Waals surface area contributed by atoms with Crippen LogP contribution in [0.1, 0.15) is 0 Å². The quantitative estimate of drug-likeness (QED) is 0.316. The number of aliphatic carboxylic acids is 2. The van der Waals surface area contributed by atoms with Crippen molar-refractivity contribution in [2.75, 3.05) is 11.5 Å². The monoisotopic (exact) mass is 346 g/mol. The minimum absolute atomic E-state index is 0. The molecule has 0 aliphatic carbocycles. The summed E-state index contributed by atoms with van der Waals surface area (Å²) in [4.78, 5) is 20.9. The van der Waals surface area contributed by atoms with Crippen molar-refractivity contribution in [2.45, 2.75) is 0 Å². The molecule has 0 spiro atoms. The Hall–Kier alpha value is 0.951. The summed E-state index contributed by atoms with van der Waals surface area (Å²) in [6.45, 7) is 0. The number of thioether (sulfide) groups is 2. The number of hydrogen-bond acceptors (Lipinski definition) is 4. The van der Waals surface area contributed by atoms with Crippen LogP contribution in [0.4, 0.5) is 0 Å². The molecular weight excluding hydrogens is 338 g/mol. The van der Waals surface area contributed by atoms with Crippen LogP contribution in [0.15, 0.2) is 9.81 Å². The topological polar surface area (TPSA) is 74.6 Å². The molecule has 0 bridgehead atoms. The summed E-state index contributed by atoms with van der Waals surface area (Å²) in [6, 6.07) is 0. The maximum atomic E-state index is 10.5. The summed E-state index contributed by atoms with van der Waals surface area (Å²) in [5.41, 5.74) is -0.498. The van der Waals surface area contributed by atoms with Gasteiger partial charge in [0.15, 0.2) is 5.57 Å². The third-order valence-corrected chi connectivity index (χ3v) is 3.90. The third-order valence-electron chi connectivity index (χ3n) is 1.18. The van der Waals surface area contributed by atoms with Gasteiger partial charge < -0.3 is 10.2 Å². The van der Waals surface area contributed by atoms with E-state index in [1.807, 2.05) is 0 Å². The minimum atomic E-state index is -1.36. The Bertz CT molecular complexity index is 239. The molecule has 1 heterocycles. The molecule has 70 valence electrons. The van der Waals surface area contributed by atoms with Crippen molar-refractivity contribution in [3.63, 3.8) is 0 Å². The first kappa shape index (κ1) is 14.0. The van der Waals surface area contributed by atoms with Crippen LogP contribution in [-0.4, -0.2) is 82.5 Å². The summed E-state index contributed by atoms with van der Waals surface area (Å²) >= 11 is 2.58. The molecule has 0 unspecified atom stereocenters. The first-order chi connectivity index (χ1) is 5.63. The SMILES string of the molecule is O=C(O)C(C(=O)O)=C1SCCS1.[BaH2]. The molecule has 0 radical (unpaired) electrons. The van der Waals surface area contributed by atoms with Gasteiger partial charge in [-0.05, 0) is 0 Å². The van der Waals surface area contributed by atoms with Gasteiger partial charge in [-0.25, -0.2) is 9.59 Å². The number of carboxylic acid groups (broad SMARTS) is 2. The van der Waals surface area contributed by atoms with Crippen LogP contribution in [0.5, 0.6) is 0 Å². The Morgan fingerprint density at radius 1 is 1.08 bits per heavy atom. The standard InChI is InChI=1S/C6H6O4S2.Ba.2H/c7-4(8)3(5(9)10)6-11-1-2-12-6;;;/h1-2H2,(H,7,8)(H,9,10);;;. The van der Waals surface area contributed by atoms with Crippen LogP contribution < -0.4 is 0 Å². The van der Waals surface area contributed by atoms with Crippen LogP contribution in [0.25, 0.3) is 0 Å². The summed E-state index contributed by atoms with van der Waals surface area (Å²) in [7, 11) is 0. The van der Waals surface area contributed by atoms with Gasteiger partial charge in [-0.15, -0.1) is 23.5 Å². The zero-order valence-electron chi connectivity index (χ0n) is 5.94. The molecular formula is C6H8BaO4S2. The van der Waals surface area contributed by atoms with E-state index < -0.39 is 17.5 Å². The second-order valence-electron chi connectivity index (χ2n) is 1.97. The first-order valence-electron chi connectivity index (χ1n) is 3.09. The molecule has 0 aromatic carbocycles. The van der Waals surface area contributed by atoms with E-state index in [9.17, 15) is 9.59 Å². The molecule has 0 atom stereocenters.